The molecular weight excluding hydrogens is 454 g/mol. The number of rotatable bonds is 8. The van der Waals surface area contributed by atoms with E-state index in [0.717, 1.165) is 4.90 Å². The molecule has 0 atom stereocenters. The van der Waals surface area contributed by atoms with Crippen molar-refractivity contribution in [3.8, 4) is 0 Å². The van der Waals surface area contributed by atoms with Gasteiger partial charge in [-0.3, -0.25) is 28.9 Å². The molecule has 0 aliphatic carbocycles. The number of nitrogens with one attached hydrogen (secondary N) is 2. The lowest BCUT2D eigenvalue weighted by Crippen LogP contribution is -2.31. The molecule has 35 heavy (non-hydrogen) atoms. The molecule has 10 nitrogen and oxygen atoms in total. The summed E-state index contributed by atoms with van der Waals surface area (Å²) >= 11 is 0. The number of hydrogen-bond donors (Lipinski definition) is 2. The van der Waals surface area contributed by atoms with E-state index in [1.165, 1.54) is 31.6 Å². The zero-order valence-electron chi connectivity index (χ0n) is 18.7. The molecule has 10 heteroatoms. The first-order valence-electron chi connectivity index (χ1n) is 10.6. The molecule has 2 aromatic carbocycles. The summed E-state index contributed by atoms with van der Waals surface area (Å²) in [6.07, 6.45) is 1.52. The molecule has 0 bridgehead atoms. The van der Waals surface area contributed by atoms with Crippen LogP contribution in [0, 0.1) is 0 Å². The van der Waals surface area contributed by atoms with Gasteiger partial charge in [0, 0.05) is 11.3 Å². The number of carbonyl (C=O) groups is 5. The van der Waals surface area contributed by atoms with Crippen LogP contribution in [0.2, 0.25) is 0 Å². The van der Waals surface area contributed by atoms with Gasteiger partial charge in [-0.15, -0.1) is 0 Å². The van der Waals surface area contributed by atoms with Crippen molar-refractivity contribution in [3.05, 3.63) is 88.9 Å². The Bertz CT molecular complexity index is 1300. The molecule has 0 spiro atoms. The number of furan rings is 1. The fourth-order valence-corrected chi connectivity index (χ4v) is 3.53. The van der Waals surface area contributed by atoms with Crippen LogP contribution in [0.25, 0.3) is 0 Å². The summed E-state index contributed by atoms with van der Waals surface area (Å²) < 4.78 is 9.69. The van der Waals surface area contributed by atoms with Crippen molar-refractivity contribution in [2.75, 3.05) is 19.0 Å². The van der Waals surface area contributed by atoms with Crippen LogP contribution in [0.1, 0.15) is 42.4 Å². The first kappa shape index (κ1) is 23.4. The van der Waals surface area contributed by atoms with Gasteiger partial charge >= 0.3 is 5.97 Å². The predicted molar refractivity (Wildman–Crippen MR) is 122 cm³/mol. The number of nitrogens with zero attached hydrogens (tertiary/aromatic N) is 1. The molecule has 4 rings (SSSR count). The third kappa shape index (κ3) is 5.27. The summed E-state index contributed by atoms with van der Waals surface area (Å²) in [6, 6.07) is 14.3. The van der Waals surface area contributed by atoms with Gasteiger partial charge in [-0.2, -0.15) is 0 Å². The highest BCUT2D eigenvalue weighted by Gasteiger charge is 2.36. The van der Waals surface area contributed by atoms with Crippen LogP contribution in [-0.2, 0) is 27.3 Å². The number of benzene rings is 2. The van der Waals surface area contributed by atoms with E-state index < -0.39 is 23.7 Å². The van der Waals surface area contributed by atoms with Crippen LogP contribution in [0.5, 0.6) is 0 Å². The second-order valence-electron chi connectivity index (χ2n) is 7.72. The molecule has 1 aliphatic rings. The quantitative estimate of drug-likeness (QED) is 0.376. The maximum Gasteiger partial charge on any atom is 0.325 e. The third-order valence-corrected chi connectivity index (χ3v) is 5.36. The van der Waals surface area contributed by atoms with Crippen molar-refractivity contribution >= 4 is 35.3 Å². The standard InChI is InChI=1S/C25H21N3O7/c1-34-22(30)13-26-21(29)11-15-4-7-17(8-5-15)27-23(31)16-6-9-19-20(12-16)25(33)28(24(19)32)14-18-3-2-10-35-18/h2-10,12H,11,13-14H2,1H3,(H,26,29)(H,27,31). The van der Waals surface area contributed by atoms with Gasteiger partial charge < -0.3 is 19.8 Å². The van der Waals surface area contributed by atoms with Crippen LogP contribution in [0.3, 0.4) is 0 Å². The van der Waals surface area contributed by atoms with E-state index in [2.05, 4.69) is 15.4 Å². The lowest BCUT2D eigenvalue weighted by molar-refractivity contribution is -0.141. The van der Waals surface area contributed by atoms with Crippen molar-refractivity contribution < 1.29 is 33.1 Å². The van der Waals surface area contributed by atoms with E-state index in [4.69, 9.17) is 4.42 Å². The number of hydrogen-bond acceptors (Lipinski definition) is 7. The van der Waals surface area contributed by atoms with Gasteiger partial charge in [0.1, 0.15) is 12.3 Å². The highest BCUT2D eigenvalue weighted by atomic mass is 16.5. The molecular formula is C25H21N3O7. The van der Waals surface area contributed by atoms with Crippen molar-refractivity contribution in [1.29, 1.82) is 0 Å². The molecule has 0 saturated heterocycles. The number of imide groups is 1. The molecule has 0 unspecified atom stereocenters. The minimum atomic E-state index is -0.542. The summed E-state index contributed by atoms with van der Waals surface area (Å²) in [4.78, 5) is 62.2. The van der Waals surface area contributed by atoms with Crippen LogP contribution in [-0.4, -0.2) is 48.2 Å². The third-order valence-electron chi connectivity index (χ3n) is 5.36. The Hall–Kier alpha value is -4.73. The molecule has 1 aliphatic heterocycles. The van der Waals surface area contributed by atoms with E-state index in [-0.39, 0.29) is 42.1 Å². The van der Waals surface area contributed by atoms with Gasteiger partial charge in [0.25, 0.3) is 17.7 Å². The lowest BCUT2D eigenvalue weighted by Gasteiger charge is -2.11. The van der Waals surface area contributed by atoms with Crippen molar-refractivity contribution in [2.45, 2.75) is 13.0 Å². The number of esters is 1. The van der Waals surface area contributed by atoms with Crippen LogP contribution in [0.4, 0.5) is 5.69 Å². The van der Waals surface area contributed by atoms with Crippen LogP contribution >= 0.6 is 0 Å². The summed E-state index contributed by atoms with van der Waals surface area (Å²) in [7, 11) is 1.24. The number of amides is 4. The summed E-state index contributed by atoms with van der Waals surface area (Å²) in [6.45, 7) is -0.201. The van der Waals surface area contributed by atoms with Gasteiger partial charge in [0.2, 0.25) is 5.91 Å². The number of ether oxygens (including phenoxy) is 1. The Kier molecular flexibility index (Phi) is 6.72. The second kappa shape index (κ2) is 10.0. The van der Waals surface area contributed by atoms with Crippen LogP contribution in [0.15, 0.2) is 65.3 Å². The highest BCUT2D eigenvalue weighted by molar-refractivity contribution is 6.22. The lowest BCUT2D eigenvalue weighted by atomic mass is 10.1. The van der Waals surface area contributed by atoms with Gasteiger partial charge in [-0.05, 0) is 48.0 Å². The number of fused-ring (bicyclic) bond motifs is 1. The SMILES string of the molecule is COC(=O)CNC(=O)Cc1ccc(NC(=O)c2ccc3c(c2)C(=O)N(Cc2ccco2)C3=O)cc1. The fraction of sp³-hybridized carbons (Fsp3) is 0.160. The zero-order chi connectivity index (χ0) is 24.9. The number of anilines is 1. The molecule has 178 valence electrons. The van der Waals surface area contributed by atoms with Crippen molar-refractivity contribution in [3.63, 3.8) is 0 Å². The molecule has 0 radical (unpaired) electrons. The topological polar surface area (TPSA) is 135 Å². The second-order valence-corrected chi connectivity index (χ2v) is 7.72. The maximum absolute atomic E-state index is 12.8. The van der Waals surface area contributed by atoms with E-state index in [0.29, 0.717) is 17.0 Å². The van der Waals surface area contributed by atoms with Gasteiger partial charge in [0.05, 0.1) is 37.5 Å². The summed E-state index contributed by atoms with van der Waals surface area (Å²) in [5, 5.41) is 5.17. The van der Waals surface area contributed by atoms with E-state index in [1.54, 1.807) is 36.4 Å². The monoisotopic (exact) mass is 475 g/mol. The molecule has 0 saturated carbocycles. The Balaban J connectivity index is 1.38. The molecule has 2 heterocycles. The van der Waals surface area contributed by atoms with Crippen LogP contribution < -0.4 is 10.6 Å². The first-order chi connectivity index (χ1) is 16.9. The number of methoxy groups -OCH3 is 1. The van der Waals surface area contributed by atoms with Gasteiger partial charge in [-0.25, -0.2) is 0 Å². The zero-order valence-corrected chi connectivity index (χ0v) is 18.7. The predicted octanol–water partition coefficient (Wildman–Crippen LogP) is 2.16. The molecule has 1 aromatic heterocycles. The molecule has 2 N–H and O–H groups in total. The van der Waals surface area contributed by atoms with E-state index in [1.807, 2.05) is 0 Å². The van der Waals surface area contributed by atoms with Crippen molar-refractivity contribution in [2.24, 2.45) is 0 Å². The van der Waals surface area contributed by atoms with E-state index >= 15 is 0 Å². The summed E-state index contributed by atoms with van der Waals surface area (Å²) in [5.74, 6) is -1.81. The molecule has 4 amide bonds. The fourth-order valence-electron chi connectivity index (χ4n) is 3.53. The normalized spacial score (nSPS) is 12.3. The highest BCUT2D eigenvalue weighted by Crippen LogP contribution is 2.26. The smallest absolute Gasteiger partial charge is 0.325 e. The Morgan fingerprint density at radius 1 is 0.971 bits per heavy atom. The maximum atomic E-state index is 12.8. The average molecular weight is 475 g/mol. The van der Waals surface area contributed by atoms with E-state index in [9.17, 15) is 24.0 Å². The Labute approximate surface area is 199 Å². The van der Waals surface area contributed by atoms with Gasteiger partial charge in [0.15, 0.2) is 0 Å². The van der Waals surface area contributed by atoms with Gasteiger partial charge in [-0.1, -0.05) is 12.1 Å². The minimum absolute atomic E-state index is 0.00787. The largest absolute Gasteiger partial charge is 0.468 e. The Morgan fingerprint density at radius 2 is 1.71 bits per heavy atom. The first-order valence-corrected chi connectivity index (χ1v) is 10.6. The van der Waals surface area contributed by atoms with Crippen molar-refractivity contribution in [1.82, 2.24) is 10.2 Å². The molecule has 3 aromatic rings. The average Bonchev–Trinajstić information content (AvgIpc) is 3.46. The molecule has 0 fully saturated rings. The minimum Gasteiger partial charge on any atom is -0.468 e. The summed E-state index contributed by atoms with van der Waals surface area (Å²) in [5.41, 5.74) is 1.77. The Morgan fingerprint density at radius 3 is 2.40 bits per heavy atom. The number of carbonyl (C=O) groups excluding carboxylic acids is 5.